The molecular weight excluding hydrogens is 222 g/mol. The number of carboxylic acids is 1. The first kappa shape index (κ1) is 15.9. The lowest BCUT2D eigenvalue weighted by molar-refractivity contribution is -0.156. The van der Waals surface area contributed by atoms with Crippen molar-refractivity contribution in [1.82, 2.24) is 4.90 Å². The van der Waals surface area contributed by atoms with Crippen LogP contribution in [-0.2, 0) is 14.3 Å². The zero-order valence-corrected chi connectivity index (χ0v) is 11.3. The molecule has 0 saturated carbocycles. The second-order valence-electron chi connectivity index (χ2n) is 5.54. The maximum Gasteiger partial charge on any atom is 0.320 e. The number of carbonyl (C=O) groups is 2. The van der Waals surface area contributed by atoms with Crippen LogP contribution in [0.2, 0.25) is 0 Å². The van der Waals surface area contributed by atoms with E-state index in [0.29, 0.717) is 12.5 Å². The zero-order valence-electron chi connectivity index (χ0n) is 11.3. The van der Waals surface area contributed by atoms with Crippen molar-refractivity contribution >= 4 is 11.9 Å². The predicted octanol–water partition coefficient (Wildman–Crippen LogP) is 1.37. The Bertz CT molecular complexity index is 268. The third-order valence-electron chi connectivity index (χ3n) is 1.75. The van der Waals surface area contributed by atoms with E-state index in [-0.39, 0.29) is 19.1 Å². The van der Waals surface area contributed by atoms with Gasteiger partial charge in [-0.1, -0.05) is 13.8 Å². The molecular formula is C12H23NO4. The number of rotatable bonds is 6. The van der Waals surface area contributed by atoms with Crippen LogP contribution in [-0.4, -0.2) is 47.2 Å². The molecule has 0 aliphatic rings. The van der Waals surface area contributed by atoms with Crippen LogP contribution in [0.15, 0.2) is 0 Å². The Morgan fingerprint density at radius 2 is 1.76 bits per heavy atom. The fourth-order valence-electron chi connectivity index (χ4n) is 1.45. The highest BCUT2D eigenvalue weighted by Gasteiger charge is 2.20. The highest BCUT2D eigenvalue weighted by Crippen LogP contribution is 2.08. The van der Waals surface area contributed by atoms with Gasteiger partial charge in [0.1, 0.15) is 5.60 Å². The highest BCUT2D eigenvalue weighted by molar-refractivity contribution is 5.74. The van der Waals surface area contributed by atoms with Gasteiger partial charge in [0.25, 0.3) is 0 Å². The molecule has 0 aromatic rings. The monoisotopic (exact) mass is 245 g/mol. The predicted molar refractivity (Wildman–Crippen MR) is 64.8 cm³/mol. The summed E-state index contributed by atoms with van der Waals surface area (Å²) in [6, 6.07) is 0. The molecule has 1 N–H and O–H groups in total. The van der Waals surface area contributed by atoms with Crippen molar-refractivity contribution in [3.8, 4) is 0 Å². The molecule has 0 radical (unpaired) electrons. The maximum atomic E-state index is 11.6. The Balaban J connectivity index is 4.32. The first-order valence-corrected chi connectivity index (χ1v) is 5.76. The van der Waals surface area contributed by atoms with Gasteiger partial charge in [-0.05, 0) is 26.7 Å². The summed E-state index contributed by atoms with van der Waals surface area (Å²) in [5.41, 5.74) is -0.538. The Labute approximate surface area is 103 Å². The topological polar surface area (TPSA) is 66.8 Å². The van der Waals surface area contributed by atoms with Gasteiger partial charge in [-0.2, -0.15) is 0 Å². The fraction of sp³-hybridized carbons (Fsp3) is 0.833. The molecule has 0 saturated heterocycles. The molecule has 0 spiro atoms. The molecule has 5 heteroatoms. The molecule has 0 bridgehead atoms. The van der Waals surface area contributed by atoms with E-state index in [9.17, 15) is 9.59 Å². The lowest BCUT2D eigenvalue weighted by atomic mass is 10.2. The van der Waals surface area contributed by atoms with Gasteiger partial charge in [-0.15, -0.1) is 0 Å². The molecule has 100 valence electrons. The number of carbonyl (C=O) groups excluding carboxylic acids is 1. The van der Waals surface area contributed by atoms with Crippen molar-refractivity contribution in [3.63, 3.8) is 0 Å². The summed E-state index contributed by atoms with van der Waals surface area (Å²) in [5.74, 6) is -1.02. The summed E-state index contributed by atoms with van der Waals surface area (Å²) in [6.07, 6.45) is 0. The van der Waals surface area contributed by atoms with E-state index in [2.05, 4.69) is 0 Å². The van der Waals surface area contributed by atoms with Gasteiger partial charge in [0, 0.05) is 6.54 Å². The summed E-state index contributed by atoms with van der Waals surface area (Å²) in [4.78, 5) is 23.8. The molecule has 17 heavy (non-hydrogen) atoms. The minimum atomic E-state index is -0.936. The molecule has 0 aliphatic heterocycles. The van der Waals surface area contributed by atoms with Gasteiger partial charge in [0.2, 0.25) is 0 Å². The van der Waals surface area contributed by atoms with Crippen LogP contribution >= 0.6 is 0 Å². The molecule has 0 aromatic carbocycles. The van der Waals surface area contributed by atoms with Crippen molar-refractivity contribution in [1.29, 1.82) is 0 Å². The Morgan fingerprint density at radius 1 is 1.24 bits per heavy atom. The van der Waals surface area contributed by atoms with Crippen molar-refractivity contribution in [3.05, 3.63) is 0 Å². The van der Waals surface area contributed by atoms with Crippen molar-refractivity contribution < 1.29 is 19.4 Å². The summed E-state index contributed by atoms with van der Waals surface area (Å²) in [5, 5.41) is 8.75. The van der Waals surface area contributed by atoms with Crippen LogP contribution in [0.5, 0.6) is 0 Å². The number of hydrogen-bond donors (Lipinski definition) is 1. The normalized spacial score (nSPS) is 11.9. The number of carboxylic acid groups (broad SMARTS) is 1. The third kappa shape index (κ3) is 9.81. The van der Waals surface area contributed by atoms with Crippen LogP contribution in [0.1, 0.15) is 34.6 Å². The second-order valence-corrected chi connectivity index (χ2v) is 5.54. The summed E-state index contributed by atoms with van der Waals surface area (Å²) >= 11 is 0. The van der Waals surface area contributed by atoms with E-state index in [1.807, 2.05) is 13.8 Å². The lowest BCUT2D eigenvalue weighted by Crippen LogP contribution is -2.39. The fourth-order valence-corrected chi connectivity index (χ4v) is 1.45. The van der Waals surface area contributed by atoms with Crippen molar-refractivity contribution in [2.24, 2.45) is 5.92 Å². The highest BCUT2D eigenvalue weighted by atomic mass is 16.6. The van der Waals surface area contributed by atoms with E-state index in [1.54, 1.807) is 25.7 Å². The van der Waals surface area contributed by atoms with Gasteiger partial charge in [-0.3, -0.25) is 14.5 Å². The maximum absolute atomic E-state index is 11.6. The zero-order chi connectivity index (χ0) is 13.6. The Kier molecular flexibility index (Phi) is 6.16. The second kappa shape index (κ2) is 6.59. The van der Waals surface area contributed by atoms with Crippen molar-refractivity contribution in [2.45, 2.75) is 40.2 Å². The average molecular weight is 245 g/mol. The van der Waals surface area contributed by atoms with Crippen LogP contribution < -0.4 is 0 Å². The van der Waals surface area contributed by atoms with E-state index in [0.717, 1.165) is 0 Å². The molecule has 0 aliphatic carbocycles. The van der Waals surface area contributed by atoms with Gasteiger partial charge in [0.05, 0.1) is 13.1 Å². The number of ether oxygens (including phenoxy) is 1. The molecule has 0 fully saturated rings. The van der Waals surface area contributed by atoms with Crippen LogP contribution in [0.4, 0.5) is 0 Å². The minimum Gasteiger partial charge on any atom is -0.480 e. The summed E-state index contributed by atoms with van der Waals surface area (Å²) in [7, 11) is 0. The van der Waals surface area contributed by atoms with Gasteiger partial charge < -0.3 is 9.84 Å². The molecule has 0 aromatic heterocycles. The van der Waals surface area contributed by atoms with E-state index >= 15 is 0 Å². The minimum absolute atomic E-state index is 0.0156. The smallest absolute Gasteiger partial charge is 0.320 e. The van der Waals surface area contributed by atoms with Crippen LogP contribution in [0.3, 0.4) is 0 Å². The van der Waals surface area contributed by atoms with Gasteiger partial charge >= 0.3 is 11.9 Å². The van der Waals surface area contributed by atoms with Crippen LogP contribution in [0, 0.1) is 5.92 Å². The van der Waals surface area contributed by atoms with Gasteiger partial charge in [-0.25, -0.2) is 0 Å². The average Bonchev–Trinajstić information content (AvgIpc) is 1.95. The lowest BCUT2D eigenvalue weighted by Gasteiger charge is -2.24. The molecule has 0 unspecified atom stereocenters. The Hall–Kier alpha value is -1.10. The van der Waals surface area contributed by atoms with E-state index < -0.39 is 11.6 Å². The third-order valence-corrected chi connectivity index (χ3v) is 1.75. The summed E-state index contributed by atoms with van der Waals surface area (Å²) in [6.45, 7) is 9.75. The van der Waals surface area contributed by atoms with E-state index in [4.69, 9.17) is 9.84 Å². The quantitative estimate of drug-likeness (QED) is 0.716. The van der Waals surface area contributed by atoms with Crippen LogP contribution in [0.25, 0.3) is 0 Å². The summed E-state index contributed by atoms with van der Waals surface area (Å²) < 4.78 is 5.16. The SMILES string of the molecule is CC(C)CN(CC(=O)O)CC(=O)OC(C)(C)C. The van der Waals surface area contributed by atoms with Crippen molar-refractivity contribution in [2.75, 3.05) is 19.6 Å². The molecule has 0 heterocycles. The standard InChI is InChI=1S/C12H23NO4/c1-9(2)6-13(7-10(14)15)8-11(16)17-12(3,4)5/h9H,6-8H2,1-5H3,(H,14,15). The molecule has 5 nitrogen and oxygen atoms in total. The van der Waals surface area contributed by atoms with Gasteiger partial charge in [0.15, 0.2) is 0 Å². The number of hydrogen-bond acceptors (Lipinski definition) is 4. The molecule has 0 atom stereocenters. The number of esters is 1. The first-order valence-electron chi connectivity index (χ1n) is 5.76. The van der Waals surface area contributed by atoms with E-state index in [1.165, 1.54) is 0 Å². The molecule has 0 rings (SSSR count). The number of aliphatic carboxylic acids is 1. The first-order chi connectivity index (χ1) is 7.60. The Morgan fingerprint density at radius 3 is 2.12 bits per heavy atom. The molecule has 0 amide bonds. The largest absolute Gasteiger partial charge is 0.480 e. The number of nitrogens with zero attached hydrogens (tertiary/aromatic N) is 1.